The van der Waals surface area contributed by atoms with Crippen LogP contribution < -0.4 is 10.6 Å². The zero-order valence-corrected chi connectivity index (χ0v) is 13.0. The van der Waals surface area contributed by atoms with Crippen LogP contribution in [0.2, 0.25) is 0 Å². The van der Waals surface area contributed by atoms with Crippen molar-refractivity contribution < 1.29 is 0 Å². The molecule has 0 bridgehead atoms. The van der Waals surface area contributed by atoms with Crippen LogP contribution in [0, 0.1) is 0 Å². The van der Waals surface area contributed by atoms with Gasteiger partial charge in [-0.3, -0.25) is 0 Å². The lowest BCUT2D eigenvalue weighted by Crippen LogP contribution is -2.29. The molecule has 0 aliphatic rings. The molecular formula is C20H23N. The van der Waals surface area contributed by atoms with Crippen LogP contribution in [-0.4, -0.2) is 4.57 Å². The van der Waals surface area contributed by atoms with Gasteiger partial charge in [0.1, 0.15) is 0 Å². The summed E-state index contributed by atoms with van der Waals surface area (Å²) < 4.78 is 2.12. The van der Waals surface area contributed by atoms with Gasteiger partial charge in [-0.05, 0) is 38.2 Å². The highest BCUT2D eigenvalue weighted by molar-refractivity contribution is 5.72. The Morgan fingerprint density at radius 3 is 2.19 bits per heavy atom. The van der Waals surface area contributed by atoms with Crippen LogP contribution in [0.25, 0.3) is 30.0 Å². The number of hydrogen-bond donors (Lipinski definition) is 0. The van der Waals surface area contributed by atoms with Gasteiger partial charge in [-0.2, -0.15) is 0 Å². The van der Waals surface area contributed by atoms with E-state index in [2.05, 4.69) is 43.0 Å². The van der Waals surface area contributed by atoms with Gasteiger partial charge in [0.05, 0.1) is 11.0 Å². The highest BCUT2D eigenvalue weighted by Gasteiger charge is 2.11. The van der Waals surface area contributed by atoms with Gasteiger partial charge in [-0.25, -0.2) is 0 Å². The second kappa shape index (κ2) is 7.91. The van der Waals surface area contributed by atoms with E-state index in [1.165, 1.54) is 0 Å². The summed E-state index contributed by atoms with van der Waals surface area (Å²) in [5.41, 5.74) is 3.12. The van der Waals surface area contributed by atoms with Crippen LogP contribution in [0.4, 0.5) is 0 Å². The smallest absolute Gasteiger partial charge is 0.0537 e. The molecule has 1 rings (SSSR count). The van der Waals surface area contributed by atoms with Crippen LogP contribution in [-0.2, 0) is 0 Å². The van der Waals surface area contributed by atoms with Crippen molar-refractivity contribution in [1.29, 1.82) is 0 Å². The number of hydrogen-bond acceptors (Lipinski definition) is 0. The van der Waals surface area contributed by atoms with Crippen LogP contribution >= 0.6 is 0 Å². The molecule has 0 aromatic carbocycles. The fraction of sp³-hybridized carbons (Fsp3) is 0.100. The molecule has 1 nitrogen and oxygen atoms in total. The first kappa shape index (κ1) is 16.5. The fourth-order valence-corrected chi connectivity index (χ4v) is 2.40. The average molecular weight is 277 g/mol. The molecule has 21 heavy (non-hydrogen) atoms. The third kappa shape index (κ3) is 3.14. The Morgan fingerprint density at radius 2 is 1.76 bits per heavy atom. The second-order valence-corrected chi connectivity index (χ2v) is 4.36. The summed E-state index contributed by atoms with van der Waals surface area (Å²) in [6.45, 7) is 19.5. The minimum atomic E-state index is 0.951. The van der Waals surface area contributed by atoms with Gasteiger partial charge in [-0.1, -0.05) is 56.7 Å². The molecule has 1 heterocycles. The van der Waals surface area contributed by atoms with Crippen LogP contribution in [0.3, 0.4) is 0 Å². The standard InChI is InChI=1S/C20H23N/c1-7-13-16(10-4)21-19(12-6)18(14-8-2)17(11-5)20(21)15-9-3/h7-15H,1,3-4,6H2,2,5H3/b14-8-,16-13+,17-11-,20-15+. The Hall–Kier alpha value is -2.54. The molecule has 0 atom stereocenters. The van der Waals surface area contributed by atoms with Gasteiger partial charge >= 0.3 is 0 Å². The van der Waals surface area contributed by atoms with Crippen LogP contribution in [0.5, 0.6) is 0 Å². The highest BCUT2D eigenvalue weighted by Crippen LogP contribution is 2.14. The molecule has 0 saturated carbocycles. The topological polar surface area (TPSA) is 4.93 Å². The monoisotopic (exact) mass is 277 g/mol. The van der Waals surface area contributed by atoms with Crippen LogP contribution in [0.1, 0.15) is 25.1 Å². The van der Waals surface area contributed by atoms with Gasteiger partial charge in [0.15, 0.2) is 0 Å². The maximum absolute atomic E-state index is 3.96. The Bertz CT molecular complexity index is 734. The first-order valence-electron chi connectivity index (χ1n) is 6.94. The molecule has 0 saturated heterocycles. The van der Waals surface area contributed by atoms with Crippen molar-refractivity contribution in [3.8, 4) is 0 Å². The molecule has 108 valence electrons. The molecule has 0 amide bonds. The summed E-state index contributed by atoms with van der Waals surface area (Å²) in [5.74, 6) is 0. The minimum absolute atomic E-state index is 0.951. The summed E-state index contributed by atoms with van der Waals surface area (Å²) in [7, 11) is 0. The Balaban J connectivity index is 4.12. The second-order valence-electron chi connectivity index (χ2n) is 4.36. The summed E-state index contributed by atoms with van der Waals surface area (Å²) in [6, 6.07) is 0. The molecule has 0 radical (unpaired) electrons. The first-order valence-corrected chi connectivity index (χ1v) is 6.94. The molecule has 0 N–H and O–H groups in total. The van der Waals surface area contributed by atoms with Gasteiger partial charge in [0, 0.05) is 16.5 Å². The minimum Gasteiger partial charge on any atom is -0.309 e. The number of rotatable bonds is 6. The lowest BCUT2D eigenvalue weighted by Gasteiger charge is -2.08. The molecule has 0 aliphatic heterocycles. The number of aromatic nitrogens is 1. The van der Waals surface area contributed by atoms with E-state index in [1.807, 2.05) is 44.2 Å². The predicted molar refractivity (Wildman–Crippen MR) is 97.9 cm³/mol. The van der Waals surface area contributed by atoms with Gasteiger partial charge in [0.25, 0.3) is 0 Å². The largest absolute Gasteiger partial charge is 0.309 e. The molecule has 0 aliphatic carbocycles. The van der Waals surface area contributed by atoms with Crippen molar-refractivity contribution in [2.24, 2.45) is 0 Å². The van der Waals surface area contributed by atoms with E-state index in [0.29, 0.717) is 0 Å². The lowest BCUT2D eigenvalue weighted by atomic mass is 10.1. The fourth-order valence-electron chi connectivity index (χ4n) is 2.40. The Labute approximate surface area is 127 Å². The van der Waals surface area contributed by atoms with E-state index in [-0.39, 0.29) is 0 Å². The van der Waals surface area contributed by atoms with E-state index in [1.54, 1.807) is 12.2 Å². The molecule has 1 aromatic heterocycles. The number of allylic oxidation sites excluding steroid dienone is 6. The van der Waals surface area contributed by atoms with E-state index in [4.69, 9.17) is 0 Å². The normalized spacial score (nSPS) is 13.7. The highest BCUT2D eigenvalue weighted by atomic mass is 15.0. The zero-order chi connectivity index (χ0) is 15.8. The summed E-state index contributed by atoms with van der Waals surface area (Å²) in [4.78, 5) is 0. The van der Waals surface area contributed by atoms with E-state index in [9.17, 15) is 0 Å². The lowest BCUT2D eigenvalue weighted by molar-refractivity contribution is 1.06. The average Bonchev–Trinajstić information content (AvgIpc) is 2.78. The predicted octanol–water partition coefficient (Wildman–Crippen LogP) is 4.14. The Morgan fingerprint density at radius 1 is 1.05 bits per heavy atom. The van der Waals surface area contributed by atoms with Gasteiger partial charge < -0.3 is 4.57 Å². The molecule has 0 spiro atoms. The van der Waals surface area contributed by atoms with Crippen molar-refractivity contribution in [2.75, 3.05) is 0 Å². The van der Waals surface area contributed by atoms with E-state index in [0.717, 1.165) is 27.5 Å². The summed E-state index contributed by atoms with van der Waals surface area (Å²) in [6.07, 6.45) is 17.4. The van der Waals surface area contributed by atoms with Crippen molar-refractivity contribution in [1.82, 2.24) is 4.57 Å². The van der Waals surface area contributed by atoms with Gasteiger partial charge in [-0.15, -0.1) is 0 Å². The number of nitrogens with zero attached hydrogens (tertiary/aromatic N) is 1. The van der Waals surface area contributed by atoms with E-state index < -0.39 is 0 Å². The maximum atomic E-state index is 3.96. The Kier molecular flexibility index (Phi) is 6.22. The molecule has 1 heteroatoms. The van der Waals surface area contributed by atoms with Gasteiger partial charge in [0.2, 0.25) is 0 Å². The van der Waals surface area contributed by atoms with Crippen molar-refractivity contribution in [3.63, 3.8) is 0 Å². The maximum Gasteiger partial charge on any atom is 0.0537 e. The molecular weight excluding hydrogens is 254 g/mol. The molecule has 1 aromatic rings. The summed E-state index contributed by atoms with van der Waals surface area (Å²) in [5, 5.41) is 2.21. The first-order chi connectivity index (χ1) is 10.2. The van der Waals surface area contributed by atoms with Crippen molar-refractivity contribution >= 4 is 30.0 Å². The van der Waals surface area contributed by atoms with E-state index >= 15 is 0 Å². The quantitative estimate of drug-likeness (QED) is 0.689. The molecule has 0 fully saturated rings. The van der Waals surface area contributed by atoms with Crippen molar-refractivity contribution in [3.05, 3.63) is 78.5 Å². The third-order valence-electron chi connectivity index (χ3n) is 3.17. The van der Waals surface area contributed by atoms with Crippen LogP contribution in [0.15, 0.2) is 56.7 Å². The molecule has 0 unspecified atom stereocenters. The summed E-state index contributed by atoms with van der Waals surface area (Å²) >= 11 is 0. The SMILES string of the molecule is C=C/C=C(\C=C)n1c(C=C)c(/C=C\C)c(=C/C)/c1=C\C=C. The zero-order valence-electron chi connectivity index (χ0n) is 13.0. The third-order valence-corrected chi connectivity index (χ3v) is 3.17. The van der Waals surface area contributed by atoms with Crippen molar-refractivity contribution in [2.45, 2.75) is 13.8 Å².